The summed E-state index contributed by atoms with van der Waals surface area (Å²) in [6, 6.07) is 2.38. The van der Waals surface area contributed by atoms with E-state index in [1.807, 2.05) is 0 Å². The van der Waals surface area contributed by atoms with Gasteiger partial charge in [0.15, 0.2) is 0 Å². The molecule has 0 aromatic heterocycles. The Morgan fingerprint density at radius 3 is 2.81 bits per heavy atom. The van der Waals surface area contributed by atoms with Crippen LogP contribution in [-0.4, -0.2) is 33.9 Å². The van der Waals surface area contributed by atoms with E-state index in [0.29, 0.717) is 11.0 Å². The molecule has 1 saturated carbocycles. The summed E-state index contributed by atoms with van der Waals surface area (Å²) in [6.07, 6.45) is 3.76. The van der Waals surface area contributed by atoms with Crippen molar-refractivity contribution in [1.29, 1.82) is 5.26 Å². The molecule has 0 amide bonds. The molecule has 1 aliphatic carbocycles. The van der Waals surface area contributed by atoms with Gasteiger partial charge < -0.3 is 10.2 Å². The lowest BCUT2D eigenvalue weighted by Gasteiger charge is -2.32. The maximum absolute atomic E-state index is 9.32. The van der Waals surface area contributed by atoms with E-state index in [1.54, 1.807) is 11.8 Å². The van der Waals surface area contributed by atoms with Gasteiger partial charge in [0.2, 0.25) is 0 Å². The molecule has 0 saturated heterocycles. The largest absolute Gasteiger partial charge is 0.394 e. The minimum absolute atomic E-state index is 0.124. The van der Waals surface area contributed by atoms with Gasteiger partial charge in [0.25, 0.3) is 0 Å². The molecule has 0 aromatic carbocycles. The maximum Gasteiger partial charge on any atom is 0.0861 e. The highest BCUT2D eigenvalue weighted by Crippen LogP contribution is 2.37. The van der Waals surface area contributed by atoms with Crippen LogP contribution in [0.25, 0.3) is 0 Å². The zero-order valence-electron chi connectivity index (χ0n) is 9.80. The zero-order valence-corrected chi connectivity index (χ0v) is 10.6. The lowest BCUT2D eigenvalue weighted by molar-refractivity contribution is 0.113. The van der Waals surface area contributed by atoms with Crippen molar-refractivity contribution in [2.24, 2.45) is 11.8 Å². The number of rotatable bonds is 5. The topological polar surface area (TPSA) is 64.2 Å². The molecule has 2 N–H and O–H groups in total. The number of nitrogens with zero attached hydrogens (tertiary/aromatic N) is 1. The Kier molecular flexibility index (Phi) is 6.18. The second-order valence-corrected chi connectivity index (χ2v) is 5.80. The predicted molar refractivity (Wildman–Crippen MR) is 66.1 cm³/mol. The molecule has 4 atom stereocenters. The summed E-state index contributed by atoms with van der Waals surface area (Å²) in [5.74, 6) is 1.39. The van der Waals surface area contributed by atoms with Crippen molar-refractivity contribution < 1.29 is 10.2 Å². The summed E-state index contributed by atoms with van der Waals surface area (Å²) in [5, 5.41) is 27.5. The Hall–Kier alpha value is -0.240. The quantitative estimate of drug-likeness (QED) is 0.772. The van der Waals surface area contributed by atoms with Gasteiger partial charge in [0, 0.05) is 11.0 Å². The smallest absolute Gasteiger partial charge is 0.0861 e. The highest BCUT2D eigenvalue weighted by molar-refractivity contribution is 7.99. The van der Waals surface area contributed by atoms with Crippen molar-refractivity contribution in [2.45, 2.75) is 44.0 Å². The standard InChI is InChI=1S/C12H21NO2S/c1-2-9-3-4-10(6-13)12(5-9)16-8-11(15)7-14/h9-12,14-15H,2-5,7-8H2,1H3. The lowest BCUT2D eigenvalue weighted by atomic mass is 9.81. The van der Waals surface area contributed by atoms with Gasteiger partial charge in [0.1, 0.15) is 0 Å². The summed E-state index contributed by atoms with van der Waals surface area (Å²) < 4.78 is 0. The summed E-state index contributed by atoms with van der Waals surface area (Å²) in [7, 11) is 0. The Morgan fingerprint density at radius 2 is 2.25 bits per heavy atom. The molecule has 3 nitrogen and oxygen atoms in total. The van der Waals surface area contributed by atoms with Gasteiger partial charge in [-0.15, -0.1) is 0 Å². The van der Waals surface area contributed by atoms with Crippen LogP contribution in [0.2, 0.25) is 0 Å². The highest BCUT2D eigenvalue weighted by atomic mass is 32.2. The van der Waals surface area contributed by atoms with E-state index < -0.39 is 6.10 Å². The Morgan fingerprint density at radius 1 is 1.50 bits per heavy atom. The van der Waals surface area contributed by atoms with Crippen molar-refractivity contribution in [3.8, 4) is 6.07 Å². The number of aliphatic hydroxyl groups is 2. The van der Waals surface area contributed by atoms with Crippen molar-refractivity contribution in [1.82, 2.24) is 0 Å². The van der Waals surface area contributed by atoms with Gasteiger partial charge in [-0.2, -0.15) is 17.0 Å². The number of aliphatic hydroxyl groups excluding tert-OH is 2. The second-order valence-electron chi connectivity index (χ2n) is 4.53. The van der Waals surface area contributed by atoms with Crippen molar-refractivity contribution in [3.63, 3.8) is 0 Å². The van der Waals surface area contributed by atoms with Crippen LogP contribution in [0.3, 0.4) is 0 Å². The minimum atomic E-state index is -0.647. The molecule has 0 aromatic rings. The second kappa shape index (κ2) is 7.16. The van der Waals surface area contributed by atoms with Crippen molar-refractivity contribution >= 4 is 11.8 Å². The van der Waals surface area contributed by atoms with Crippen LogP contribution in [0, 0.1) is 23.2 Å². The van der Waals surface area contributed by atoms with Crippen LogP contribution >= 0.6 is 11.8 Å². The third-order valence-electron chi connectivity index (χ3n) is 3.36. The molecule has 4 heteroatoms. The van der Waals surface area contributed by atoms with E-state index >= 15 is 0 Å². The van der Waals surface area contributed by atoms with Gasteiger partial charge in [-0.25, -0.2) is 0 Å². The fourth-order valence-corrected chi connectivity index (χ4v) is 3.61. The van der Waals surface area contributed by atoms with Gasteiger partial charge in [-0.1, -0.05) is 13.3 Å². The van der Waals surface area contributed by atoms with E-state index in [1.165, 1.54) is 6.42 Å². The van der Waals surface area contributed by atoms with E-state index in [4.69, 9.17) is 10.4 Å². The van der Waals surface area contributed by atoms with Gasteiger partial charge >= 0.3 is 0 Å². The van der Waals surface area contributed by atoms with Crippen LogP contribution in [0.5, 0.6) is 0 Å². The molecule has 1 aliphatic rings. The molecule has 0 spiro atoms. The molecular weight excluding hydrogens is 222 g/mol. The van der Waals surface area contributed by atoms with Crippen LogP contribution in [-0.2, 0) is 0 Å². The summed E-state index contributed by atoms with van der Waals surface area (Å²) in [4.78, 5) is 0. The molecule has 4 unspecified atom stereocenters. The van der Waals surface area contributed by atoms with E-state index in [2.05, 4.69) is 13.0 Å². The molecule has 0 aliphatic heterocycles. The van der Waals surface area contributed by atoms with Gasteiger partial charge in [0.05, 0.1) is 24.7 Å². The average molecular weight is 243 g/mol. The first kappa shape index (κ1) is 13.8. The fourth-order valence-electron chi connectivity index (χ4n) is 2.20. The van der Waals surface area contributed by atoms with Gasteiger partial charge in [-0.3, -0.25) is 0 Å². The number of thioether (sulfide) groups is 1. The Bertz CT molecular complexity index is 242. The summed E-state index contributed by atoms with van der Waals surface area (Å²) in [6.45, 7) is 2.01. The third kappa shape index (κ3) is 3.97. The first-order valence-corrected chi connectivity index (χ1v) is 7.06. The molecule has 0 bridgehead atoms. The van der Waals surface area contributed by atoms with Crippen molar-refractivity contribution in [3.05, 3.63) is 0 Å². The first-order valence-electron chi connectivity index (χ1n) is 6.01. The Balaban J connectivity index is 2.43. The van der Waals surface area contributed by atoms with E-state index in [-0.39, 0.29) is 12.5 Å². The maximum atomic E-state index is 9.32. The summed E-state index contributed by atoms with van der Waals surface area (Å²) in [5.41, 5.74) is 0. The molecule has 1 rings (SSSR count). The molecule has 1 fully saturated rings. The fraction of sp³-hybridized carbons (Fsp3) is 0.917. The van der Waals surface area contributed by atoms with Crippen molar-refractivity contribution in [2.75, 3.05) is 12.4 Å². The van der Waals surface area contributed by atoms with E-state index in [9.17, 15) is 5.11 Å². The monoisotopic (exact) mass is 243 g/mol. The predicted octanol–water partition coefficient (Wildman–Crippen LogP) is 1.79. The molecule has 16 heavy (non-hydrogen) atoms. The van der Waals surface area contributed by atoms with Gasteiger partial charge in [-0.05, 0) is 25.2 Å². The first-order chi connectivity index (χ1) is 7.71. The number of nitriles is 1. The SMILES string of the molecule is CCC1CCC(C#N)C(SCC(O)CO)C1. The van der Waals surface area contributed by atoms with Crippen LogP contribution in [0.15, 0.2) is 0 Å². The average Bonchev–Trinajstić information content (AvgIpc) is 2.35. The molecule has 92 valence electrons. The molecular formula is C12H21NO2S. The normalized spacial score (nSPS) is 32.0. The van der Waals surface area contributed by atoms with Crippen LogP contribution in [0.1, 0.15) is 32.6 Å². The Labute approximate surface area is 102 Å². The highest BCUT2D eigenvalue weighted by Gasteiger charge is 2.30. The van der Waals surface area contributed by atoms with Crippen LogP contribution < -0.4 is 0 Å². The molecule has 0 radical (unpaired) electrons. The number of hydrogen-bond acceptors (Lipinski definition) is 4. The van der Waals surface area contributed by atoms with E-state index in [0.717, 1.165) is 25.2 Å². The van der Waals surface area contributed by atoms with Crippen LogP contribution in [0.4, 0.5) is 0 Å². The lowest BCUT2D eigenvalue weighted by Crippen LogP contribution is -2.28. The molecule has 0 heterocycles. The number of hydrogen-bond donors (Lipinski definition) is 2. The minimum Gasteiger partial charge on any atom is -0.394 e. The third-order valence-corrected chi connectivity index (χ3v) is 4.88. The zero-order chi connectivity index (χ0) is 12.0. The summed E-state index contributed by atoms with van der Waals surface area (Å²) >= 11 is 1.65.